The summed E-state index contributed by atoms with van der Waals surface area (Å²) in [4.78, 5) is 41.3. The number of imide groups is 1. The zero-order valence-corrected chi connectivity index (χ0v) is 20.4. The lowest BCUT2D eigenvalue weighted by molar-refractivity contribution is -0.120. The van der Waals surface area contributed by atoms with Crippen molar-refractivity contribution in [3.63, 3.8) is 0 Å². The Bertz CT molecular complexity index is 1270. The van der Waals surface area contributed by atoms with Crippen LogP contribution in [0.25, 0.3) is 0 Å². The summed E-state index contributed by atoms with van der Waals surface area (Å²) >= 11 is 1.23. The minimum Gasteiger partial charge on any atom is -0.465 e. The lowest BCUT2D eigenvalue weighted by atomic mass is 10.1. The summed E-state index contributed by atoms with van der Waals surface area (Å²) in [6.07, 6.45) is 3.13. The fourth-order valence-corrected chi connectivity index (χ4v) is 4.68. The summed E-state index contributed by atoms with van der Waals surface area (Å²) in [5, 5.41) is 3.09. The second-order valence-corrected chi connectivity index (χ2v) is 9.12. The molecule has 1 aliphatic rings. The van der Waals surface area contributed by atoms with Crippen LogP contribution in [0, 0.1) is 0 Å². The number of amides is 2. The molecule has 4 rings (SSSR count). The summed E-state index contributed by atoms with van der Waals surface area (Å²) in [5.74, 6) is -1.32. The van der Waals surface area contributed by atoms with Crippen molar-refractivity contribution in [1.82, 2.24) is 0 Å². The van der Waals surface area contributed by atoms with Crippen molar-refractivity contribution >= 4 is 40.9 Å². The average molecular weight is 487 g/mol. The molecule has 35 heavy (non-hydrogen) atoms. The van der Waals surface area contributed by atoms with Crippen LogP contribution >= 0.6 is 11.8 Å². The summed E-state index contributed by atoms with van der Waals surface area (Å²) in [6, 6.07) is 23.6. The van der Waals surface area contributed by atoms with Crippen LogP contribution in [0.15, 0.2) is 94.4 Å². The van der Waals surface area contributed by atoms with E-state index in [2.05, 4.69) is 12.2 Å². The molecule has 7 heteroatoms. The minimum atomic E-state index is -0.486. The number of methoxy groups -OCH3 is 1. The number of ether oxygens (including phenoxy) is 1. The molecule has 0 radical (unpaired) electrons. The summed E-state index contributed by atoms with van der Waals surface area (Å²) in [7, 11) is 1.31. The second kappa shape index (κ2) is 11.1. The van der Waals surface area contributed by atoms with Crippen LogP contribution in [-0.4, -0.2) is 24.9 Å². The Morgan fingerprint density at radius 3 is 2.37 bits per heavy atom. The molecule has 178 valence electrons. The number of hydrogen-bond donors (Lipinski definition) is 1. The van der Waals surface area contributed by atoms with E-state index in [-0.39, 0.29) is 5.70 Å². The van der Waals surface area contributed by atoms with Gasteiger partial charge in [-0.15, -0.1) is 0 Å². The van der Waals surface area contributed by atoms with Gasteiger partial charge in [0.15, 0.2) is 0 Å². The summed E-state index contributed by atoms with van der Waals surface area (Å²) in [6.45, 7) is 2.14. The monoisotopic (exact) mass is 486 g/mol. The van der Waals surface area contributed by atoms with E-state index >= 15 is 0 Å². The zero-order valence-electron chi connectivity index (χ0n) is 19.6. The molecule has 0 atom stereocenters. The van der Waals surface area contributed by atoms with Crippen molar-refractivity contribution in [2.45, 2.75) is 31.1 Å². The van der Waals surface area contributed by atoms with Gasteiger partial charge in [-0.25, -0.2) is 9.69 Å². The molecule has 6 nitrogen and oxygen atoms in total. The molecule has 1 N–H and O–H groups in total. The van der Waals surface area contributed by atoms with Gasteiger partial charge in [0, 0.05) is 10.6 Å². The van der Waals surface area contributed by atoms with Crippen molar-refractivity contribution in [1.29, 1.82) is 0 Å². The van der Waals surface area contributed by atoms with Crippen molar-refractivity contribution in [3.8, 4) is 0 Å². The number of nitrogens with zero attached hydrogens (tertiary/aromatic N) is 1. The Labute approximate surface area is 209 Å². The number of thioether (sulfide) groups is 1. The van der Waals surface area contributed by atoms with Crippen LogP contribution in [0.5, 0.6) is 0 Å². The fourth-order valence-electron chi connectivity index (χ4n) is 3.73. The van der Waals surface area contributed by atoms with E-state index in [1.807, 2.05) is 54.6 Å². The van der Waals surface area contributed by atoms with Crippen molar-refractivity contribution in [3.05, 3.63) is 101 Å². The molecular weight excluding hydrogens is 460 g/mol. The molecule has 0 saturated heterocycles. The lowest BCUT2D eigenvalue weighted by Crippen LogP contribution is -2.32. The number of carbonyl (C=O) groups is 3. The van der Waals surface area contributed by atoms with E-state index in [4.69, 9.17) is 4.74 Å². The van der Waals surface area contributed by atoms with Crippen LogP contribution in [0.2, 0.25) is 0 Å². The van der Waals surface area contributed by atoms with Gasteiger partial charge in [0.05, 0.1) is 18.4 Å². The zero-order chi connectivity index (χ0) is 24.8. The molecule has 3 aromatic rings. The van der Waals surface area contributed by atoms with Crippen LogP contribution < -0.4 is 10.2 Å². The molecule has 0 fully saturated rings. The van der Waals surface area contributed by atoms with Gasteiger partial charge in [-0.2, -0.15) is 0 Å². The van der Waals surface area contributed by atoms with Crippen LogP contribution in [0.1, 0.15) is 35.7 Å². The molecule has 0 aliphatic carbocycles. The quantitative estimate of drug-likeness (QED) is 0.304. The maximum Gasteiger partial charge on any atom is 0.337 e. The number of hydrogen-bond acceptors (Lipinski definition) is 6. The van der Waals surface area contributed by atoms with E-state index in [1.165, 1.54) is 29.3 Å². The molecule has 0 unspecified atom stereocenters. The van der Waals surface area contributed by atoms with Gasteiger partial charge < -0.3 is 10.1 Å². The molecule has 0 aromatic heterocycles. The summed E-state index contributed by atoms with van der Waals surface area (Å²) in [5.41, 5.74) is 2.70. The van der Waals surface area contributed by atoms with E-state index in [0.717, 1.165) is 24.2 Å². The van der Waals surface area contributed by atoms with E-state index in [9.17, 15) is 14.4 Å². The number of unbranched alkanes of at least 4 members (excludes halogenated alkanes) is 1. The molecular formula is C28H26N2O4S. The topological polar surface area (TPSA) is 75.7 Å². The largest absolute Gasteiger partial charge is 0.465 e. The fraction of sp³-hybridized carbons (Fsp3) is 0.179. The first-order valence-electron chi connectivity index (χ1n) is 11.4. The highest BCUT2D eigenvalue weighted by molar-refractivity contribution is 8.04. The molecule has 3 aromatic carbocycles. The lowest BCUT2D eigenvalue weighted by Gasteiger charge is -2.16. The highest BCUT2D eigenvalue weighted by atomic mass is 32.2. The minimum absolute atomic E-state index is 0.168. The average Bonchev–Trinajstić information content (AvgIpc) is 3.12. The predicted molar refractivity (Wildman–Crippen MR) is 138 cm³/mol. The van der Waals surface area contributed by atoms with Crippen LogP contribution in [0.3, 0.4) is 0 Å². The van der Waals surface area contributed by atoms with Gasteiger partial charge in [0.2, 0.25) is 0 Å². The predicted octanol–water partition coefficient (Wildman–Crippen LogP) is 5.81. The van der Waals surface area contributed by atoms with Gasteiger partial charge in [0.25, 0.3) is 11.8 Å². The highest BCUT2D eigenvalue weighted by Crippen LogP contribution is 2.38. The first-order chi connectivity index (χ1) is 17.0. The third-order valence-corrected chi connectivity index (χ3v) is 6.66. The number of aryl methyl sites for hydroxylation is 1. The third kappa shape index (κ3) is 5.46. The van der Waals surface area contributed by atoms with E-state index < -0.39 is 17.8 Å². The molecule has 1 aliphatic heterocycles. The van der Waals surface area contributed by atoms with Gasteiger partial charge >= 0.3 is 5.97 Å². The molecule has 0 spiro atoms. The van der Waals surface area contributed by atoms with Crippen LogP contribution in [-0.2, 0) is 20.7 Å². The Balaban J connectivity index is 1.68. The first kappa shape index (κ1) is 24.3. The van der Waals surface area contributed by atoms with Gasteiger partial charge in [-0.05, 0) is 60.9 Å². The Kier molecular flexibility index (Phi) is 7.67. The van der Waals surface area contributed by atoms with Gasteiger partial charge in [-0.3, -0.25) is 9.59 Å². The molecule has 0 saturated carbocycles. The maximum atomic E-state index is 13.5. The standard InChI is InChI=1S/C28H26N2O4S/c1-3-4-9-19-14-16-22(17-15-19)30-26(31)24(25(27(30)32)35-23-12-6-5-7-13-23)29-21-11-8-10-20(18-21)28(33)34-2/h5-8,10-18,29H,3-4,9H2,1-2H3. The molecule has 0 bridgehead atoms. The van der Waals surface area contributed by atoms with Crippen molar-refractivity contribution in [2.24, 2.45) is 0 Å². The van der Waals surface area contributed by atoms with Gasteiger partial charge in [0.1, 0.15) is 10.6 Å². The normalized spacial score (nSPS) is 13.4. The third-order valence-electron chi connectivity index (χ3n) is 5.57. The Morgan fingerprint density at radius 1 is 0.943 bits per heavy atom. The molecule has 2 amide bonds. The molecule has 1 heterocycles. The smallest absolute Gasteiger partial charge is 0.337 e. The van der Waals surface area contributed by atoms with E-state index in [1.54, 1.807) is 24.3 Å². The van der Waals surface area contributed by atoms with E-state index in [0.29, 0.717) is 21.8 Å². The number of benzene rings is 3. The van der Waals surface area contributed by atoms with Crippen molar-refractivity contribution < 1.29 is 19.1 Å². The summed E-state index contributed by atoms with van der Waals surface area (Å²) < 4.78 is 4.80. The highest BCUT2D eigenvalue weighted by Gasteiger charge is 2.40. The number of esters is 1. The SMILES string of the molecule is CCCCc1ccc(N2C(=O)C(Nc3cccc(C(=O)OC)c3)=C(Sc3ccccc3)C2=O)cc1. The number of nitrogens with one attached hydrogen (secondary N) is 1. The number of anilines is 2. The van der Waals surface area contributed by atoms with Crippen LogP contribution in [0.4, 0.5) is 11.4 Å². The number of carbonyl (C=O) groups excluding carboxylic acids is 3. The Hall–Kier alpha value is -3.84. The van der Waals surface area contributed by atoms with Gasteiger partial charge in [-0.1, -0.05) is 61.5 Å². The Morgan fingerprint density at radius 2 is 1.69 bits per heavy atom. The number of rotatable bonds is 9. The maximum absolute atomic E-state index is 13.5. The van der Waals surface area contributed by atoms with Crippen molar-refractivity contribution in [2.75, 3.05) is 17.3 Å². The first-order valence-corrected chi connectivity index (χ1v) is 12.2. The second-order valence-electron chi connectivity index (χ2n) is 8.03.